The van der Waals surface area contributed by atoms with E-state index in [0.29, 0.717) is 13.1 Å². The quantitative estimate of drug-likeness (QED) is 0.446. The number of aromatic nitrogens is 1. The molecule has 9 heteroatoms. The van der Waals surface area contributed by atoms with E-state index >= 15 is 0 Å². The summed E-state index contributed by atoms with van der Waals surface area (Å²) in [6, 6.07) is 6.36. The Hall–Kier alpha value is -2.52. The minimum absolute atomic E-state index is 0.0327. The molecule has 2 heterocycles. The zero-order valence-corrected chi connectivity index (χ0v) is 15.6. The van der Waals surface area contributed by atoms with Crippen LogP contribution in [0.4, 0.5) is 14.5 Å². The fraction of sp³-hybridized carbons (Fsp3) is 0.333. The van der Waals surface area contributed by atoms with Crippen molar-refractivity contribution < 1.29 is 8.78 Å². The van der Waals surface area contributed by atoms with Gasteiger partial charge in [-0.3, -0.25) is 10.3 Å². The molecular formula is C18H22F2N6S. The molecule has 0 saturated carbocycles. The summed E-state index contributed by atoms with van der Waals surface area (Å²) in [6.07, 6.45) is 5.23. The Labute approximate surface area is 162 Å². The van der Waals surface area contributed by atoms with Gasteiger partial charge in [-0.15, -0.1) is 0 Å². The number of nitrogens with one attached hydrogen (secondary N) is 1. The van der Waals surface area contributed by atoms with Crippen LogP contribution in [0.3, 0.4) is 0 Å². The highest BCUT2D eigenvalue weighted by atomic mass is 32.1. The van der Waals surface area contributed by atoms with Gasteiger partial charge in [0.2, 0.25) is 0 Å². The van der Waals surface area contributed by atoms with E-state index in [9.17, 15) is 8.78 Å². The highest BCUT2D eigenvalue weighted by Crippen LogP contribution is 2.24. The number of hydrogen-bond acceptors (Lipinski definition) is 4. The molecule has 2 aromatic rings. The zero-order valence-electron chi connectivity index (χ0n) is 14.8. The Bertz CT molecular complexity index is 800. The number of anilines is 1. The van der Waals surface area contributed by atoms with Gasteiger partial charge < -0.3 is 15.2 Å². The van der Waals surface area contributed by atoms with Gasteiger partial charge in [0.05, 0.1) is 11.9 Å². The smallest absolute Gasteiger partial charge is 0.184 e. The normalized spacial score (nSPS) is 15.4. The lowest BCUT2D eigenvalue weighted by Gasteiger charge is -2.36. The van der Waals surface area contributed by atoms with Crippen molar-refractivity contribution in [2.45, 2.75) is 6.54 Å². The molecule has 1 aliphatic heterocycles. The number of rotatable bonds is 6. The summed E-state index contributed by atoms with van der Waals surface area (Å²) in [6.45, 7) is 4.78. The standard InChI is InChI=1S/C18H22F2N6S/c19-15-12-17(16(20)11-14(15)13-22-23-18(21)27)26-9-7-25(8-10-26)6-5-24-3-1-2-4-24/h1-4,11-13H,5-10H2,(H3,21,23,27)/b22-13+. The Morgan fingerprint density at radius 1 is 1.11 bits per heavy atom. The number of thiocarbonyl (C=S) groups is 1. The van der Waals surface area contributed by atoms with Gasteiger partial charge in [0.15, 0.2) is 5.11 Å². The highest BCUT2D eigenvalue weighted by Gasteiger charge is 2.20. The van der Waals surface area contributed by atoms with E-state index in [0.717, 1.165) is 38.5 Å². The first-order valence-corrected chi connectivity index (χ1v) is 9.09. The molecule has 27 heavy (non-hydrogen) atoms. The van der Waals surface area contributed by atoms with Crippen LogP contribution < -0.4 is 16.1 Å². The second kappa shape index (κ2) is 8.92. The van der Waals surface area contributed by atoms with E-state index in [2.05, 4.69) is 32.2 Å². The van der Waals surface area contributed by atoms with Gasteiger partial charge in [-0.05, 0) is 30.4 Å². The van der Waals surface area contributed by atoms with Gasteiger partial charge in [0.1, 0.15) is 11.6 Å². The third-order valence-electron chi connectivity index (χ3n) is 4.50. The Kier molecular flexibility index (Phi) is 6.36. The van der Waals surface area contributed by atoms with E-state index in [1.807, 2.05) is 29.4 Å². The van der Waals surface area contributed by atoms with Crippen LogP contribution in [-0.2, 0) is 6.54 Å². The molecule has 3 rings (SSSR count). The number of nitrogens with zero attached hydrogens (tertiary/aromatic N) is 4. The maximum atomic E-state index is 14.5. The van der Waals surface area contributed by atoms with Crippen molar-refractivity contribution >= 4 is 29.2 Å². The lowest BCUT2D eigenvalue weighted by molar-refractivity contribution is 0.247. The SMILES string of the molecule is NC(=S)N/N=C/c1cc(F)c(N2CCN(CCn3cccc3)CC2)cc1F. The second-order valence-corrected chi connectivity index (χ2v) is 6.75. The van der Waals surface area contributed by atoms with Crippen LogP contribution in [0, 0.1) is 11.6 Å². The van der Waals surface area contributed by atoms with Crippen LogP contribution in [0.5, 0.6) is 0 Å². The molecule has 1 aromatic heterocycles. The van der Waals surface area contributed by atoms with E-state index in [1.165, 1.54) is 6.07 Å². The largest absolute Gasteiger partial charge is 0.375 e. The van der Waals surface area contributed by atoms with Crippen molar-refractivity contribution in [3.8, 4) is 0 Å². The molecule has 1 saturated heterocycles. The molecule has 0 bridgehead atoms. The van der Waals surface area contributed by atoms with Crippen molar-refractivity contribution in [1.82, 2.24) is 14.9 Å². The molecule has 6 nitrogen and oxygen atoms in total. The van der Waals surface area contributed by atoms with Crippen LogP contribution in [-0.4, -0.2) is 53.5 Å². The van der Waals surface area contributed by atoms with Gasteiger partial charge in [-0.1, -0.05) is 0 Å². The molecule has 1 aliphatic rings. The second-order valence-electron chi connectivity index (χ2n) is 6.31. The Balaban J connectivity index is 1.58. The number of halogens is 2. The average Bonchev–Trinajstić information content (AvgIpc) is 3.16. The molecule has 0 radical (unpaired) electrons. The number of benzene rings is 1. The first-order valence-electron chi connectivity index (χ1n) is 8.68. The summed E-state index contributed by atoms with van der Waals surface area (Å²) in [5, 5.41) is 3.62. The van der Waals surface area contributed by atoms with E-state index in [1.54, 1.807) is 0 Å². The van der Waals surface area contributed by atoms with Crippen molar-refractivity contribution in [1.29, 1.82) is 0 Å². The molecule has 0 aliphatic carbocycles. The topological polar surface area (TPSA) is 61.8 Å². The Morgan fingerprint density at radius 2 is 1.81 bits per heavy atom. The molecule has 0 unspecified atom stereocenters. The van der Waals surface area contributed by atoms with Gasteiger partial charge in [0, 0.05) is 63.3 Å². The van der Waals surface area contributed by atoms with Gasteiger partial charge in [0.25, 0.3) is 0 Å². The molecule has 144 valence electrons. The van der Waals surface area contributed by atoms with Crippen LogP contribution in [0.2, 0.25) is 0 Å². The van der Waals surface area contributed by atoms with Crippen LogP contribution in [0.25, 0.3) is 0 Å². The van der Waals surface area contributed by atoms with Crippen molar-refractivity contribution in [3.63, 3.8) is 0 Å². The van der Waals surface area contributed by atoms with Gasteiger partial charge in [-0.2, -0.15) is 5.10 Å². The van der Waals surface area contributed by atoms with Crippen molar-refractivity contribution in [2.75, 3.05) is 37.6 Å². The highest BCUT2D eigenvalue weighted by molar-refractivity contribution is 7.80. The minimum atomic E-state index is -0.546. The third-order valence-corrected chi connectivity index (χ3v) is 4.59. The van der Waals surface area contributed by atoms with E-state index in [-0.39, 0.29) is 16.4 Å². The van der Waals surface area contributed by atoms with Crippen LogP contribution in [0.15, 0.2) is 41.8 Å². The van der Waals surface area contributed by atoms with Gasteiger partial charge in [-0.25, -0.2) is 8.78 Å². The molecule has 0 spiro atoms. The predicted molar refractivity (Wildman–Crippen MR) is 107 cm³/mol. The fourth-order valence-corrected chi connectivity index (χ4v) is 3.10. The molecule has 1 fully saturated rings. The molecule has 0 atom stereocenters. The number of hydrazone groups is 1. The fourth-order valence-electron chi connectivity index (χ4n) is 3.05. The lowest BCUT2D eigenvalue weighted by atomic mass is 10.1. The average molecular weight is 392 g/mol. The van der Waals surface area contributed by atoms with Crippen molar-refractivity contribution in [3.05, 3.63) is 53.9 Å². The summed E-state index contributed by atoms with van der Waals surface area (Å²) >= 11 is 4.60. The number of piperazine rings is 1. The van der Waals surface area contributed by atoms with E-state index < -0.39 is 11.6 Å². The maximum absolute atomic E-state index is 14.5. The lowest BCUT2D eigenvalue weighted by Crippen LogP contribution is -2.47. The summed E-state index contributed by atoms with van der Waals surface area (Å²) in [5.41, 5.74) is 7.86. The first-order chi connectivity index (χ1) is 13.0. The molecule has 1 aromatic carbocycles. The Morgan fingerprint density at radius 3 is 2.48 bits per heavy atom. The van der Waals surface area contributed by atoms with E-state index in [4.69, 9.17) is 5.73 Å². The summed E-state index contributed by atoms with van der Waals surface area (Å²) in [5.74, 6) is -1.02. The maximum Gasteiger partial charge on any atom is 0.184 e. The number of hydrogen-bond donors (Lipinski definition) is 2. The summed E-state index contributed by atoms with van der Waals surface area (Å²) in [4.78, 5) is 4.20. The number of nitrogens with two attached hydrogens (primary N) is 1. The summed E-state index contributed by atoms with van der Waals surface area (Å²) < 4.78 is 30.9. The van der Waals surface area contributed by atoms with Crippen LogP contribution in [0.1, 0.15) is 5.56 Å². The minimum Gasteiger partial charge on any atom is -0.375 e. The zero-order chi connectivity index (χ0) is 19.2. The first kappa shape index (κ1) is 19.2. The third kappa shape index (κ3) is 5.24. The molecule has 3 N–H and O–H groups in total. The molecule has 0 amide bonds. The monoisotopic (exact) mass is 392 g/mol. The van der Waals surface area contributed by atoms with Crippen molar-refractivity contribution in [2.24, 2.45) is 10.8 Å². The molecular weight excluding hydrogens is 370 g/mol. The summed E-state index contributed by atoms with van der Waals surface area (Å²) in [7, 11) is 0. The van der Waals surface area contributed by atoms with Crippen LogP contribution >= 0.6 is 12.2 Å². The predicted octanol–water partition coefficient (Wildman–Crippen LogP) is 1.76. The van der Waals surface area contributed by atoms with Gasteiger partial charge >= 0.3 is 0 Å².